The van der Waals surface area contributed by atoms with Gasteiger partial charge in [0.05, 0.1) is 0 Å². The number of halogens is 1. The quantitative estimate of drug-likeness (QED) is 0.577. The molecule has 0 radical (unpaired) electrons. The molecule has 6 nitrogen and oxygen atoms in total. The third-order valence-corrected chi connectivity index (χ3v) is 4.55. The van der Waals surface area contributed by atoms with E-state index < -0.39 is 11.7 Å². The maximum atomic E-state index is 12.9. The average Bonchev–Trinajstić information content (AvgIpc) is 2.72. The van der Waals surface area contributed by atoms with Crippen molar-refractivity contribution in [2.45, 2.75) is 13.8 Å². The zero-order valence-electron chi connectivity index (χ0n) is 16.5. The molecule has 3 N–H and O–H groups in total. The number of carbonyl (C=O) groups excluding carboxylic acids is 2. The van der Waals surface area contributed by atoms with Crippen molar-refractivity contribution < 1.29 is 14.0 Å². The van der Waals surface area contributed by atoms with E-state index in [1.54, 1.807) is 24.3 Å². The van der Waals surface area contributed by atoms with Crippen molar-refractivity contribution in [1.29, 1.82) is 0 Å². The molecule has 0 bridgehead atoms. The van der Waals surface area contributed by atoms with Crippen LogP contribution < -0.4 is 16.0 Å². The van der Waals surface area contributed by atoms with Crippen molar-refractivity contribution >= 4 is 34.8 Å². The Balaban J connectivity index is 1.83. The normalized spacial score (nSPS) is 10.5. The Kier molecular flexibility index (Phi) is 8.69. The monoisotopic (exact) mass is 416 g/mol. The zero-order chi connectivity index (χ0) is 21.2. The van der Waals surface area contributed by atoms with Crippen LogP contribution in [0.4, 0.5) is 10.1 Å². The predicted molar refractivity (Wildman–Crippen MR) is 117 cm³/mol. The van der Waals surface area contributed by atoms with Crippen LogP contribution in [-0.4, -0.2) is 48.0 Å². The first-order chi connectivity index (χ1) is 13.9. The average molecular weight is 417 g/mol. The highest BCUT2D eigenvalue weighted by atomic mass is 32.1. The van der Waals surface area contributed by atoms with E-state index >= 15 is 0 Å². The molecular weight excluding hydrogens is 391 g/mol. The Bertz CT molecular complexity index is 837. The minimum atomic E-state index is -0.438. The minimum Gasteiger partial charge on any atom is -0.351 e. The number of amides is 2. The molecule has 0 atom stereocenters. The van der Waals surface area contributed by atoms with Crippen molar-refractivity contribution in [3.63, 3.8) is 0 Å². The lowest BCUT2D eigenvalue weighted by Gasteiger charge is -2.18. The largest absolute Gasteiger partial charge is 0.351 e. The second-order valence-corrected chi connectivity index (χ2v) is 6.68. The van der Waals surface area contributed by atoms with Crippen LogP contribution >= 0.6 is 12.2 Å². The van der Waals surface area contributed by atoms with E-state index in [2.05, 4.69) is 34.7 Å². The first kappa shape index (κ1) is 22.4. The minimum absolute atomic E-state index is 0.107. The van der Waals surface area contributed by atoms with Crippen LogP contribution in [0.3, 0.4) is 0 Å². The van der Waals surface area contributed by atoms with Gasteiger partial charge in [0.2, 0.25) is 0 Å². The number of hydrogen-bond acceptors (Lipinski definition) is 4. The van der Waals surface area contributed by atoms with E-state index in [1.807, 2.05) is 0 Å². The lowest BCUT2D eigenvalue weighted by atomic mass is 10.2. The van der Waals surface area contributed by atoms with Crippen molar-refractivity contribution in [2.75, 3.05) is 31.5 Å². The first-order valence-corrected chi connectivity index (χ1v) is 9.82. The third-order valence-electron chi connectivity index (χ3n) is 4.35. The Hall–Kier alpha value is -2.84. The highest BCUT2D eigenvalue weighted by molar-refractivity contribution is 7.80. The van der Waals surface area contributed by atoms with Crippen molar-refractivity contribution in [1.82, 2.24) is 15.5 Å². The van der Waals surface area contributed by atoms with Gasteiger partial charge in [0.1, 0.15) is 5.82 Å². The van der Waals surface area contributed by atoms with Crippen LogP contribution in [0.5, 0.6) is 0 Å². The molecule has 154 valence electrons. The number of nitrogens with one attached hydrogen (secondary N) is 3. The van der Waals surface area contributed by atoms with Crippen LogP contribution in [-0.2, 0) is 0 Å². The number of thiocarbonyl (C=S) groups is 1. The molecule has 8 heteroatoms. The molecule has 0 spiro atoms. The molecule has 29 heavy (non-hydrogen) atoms. The zero-order valence-corrected chi connectivity index (χ0v) is 17.3. The molecule has 0 aliphatic heterocycles. The van der Waals surface area contributed by atoms with Gasteiger partial charge in [0.25, 0.3) is 11.8 Å². The Morgan fingerprint density at radius 3 is 2.07 bits per heavy atom. The number of hydrogen-bond donors (Lipinski definition) is 3. The molecule has 0 aromatic heterocycles. The van der Waals surface area contributed by atoms with Gasteiger partial charge in [-0.3, -0.25) is 14.9 Å². The van der Waals surface area contributed by atoms with Crippen molar-refractivity contribution in [2.24, 2.45) is 0 Å². The Labute approximate surface area is 175 Å². The molecule has 0 aliphatic rings. The summed E-state index contributed by atoms with van der Waals surface area (Å²) < 4.78 is 12.9. The van der Waals surface area contributed by atoms with Gasteiger partial charge in [-0.1, -0.05) is 13.8 Å². The van der Waals surface area contributed by atoms with Gasteiger partial charge in [-0.2, -0.15) is 0 Å². The lowest BCUT2D eigenvalue weighted by Crippen LogP contribution is -2.35. The van der Waals surface area contributed by atoms with Gasteiger partial charge in [-0.25, -0.2) is 4.39 Å². The summed E-state index contributed by atoms with van der Waals surface area (Å²) in [6.45, 7) is 7.46. The first-order valence-electron chi connectivity index (χ1n) is 9.41. The van der Waals surface area contributed by atoms with Crippen molar-refractivity contribution in [3.8, 4) is 0 Å². The van der Waals surface area contributed by atoms with Crippen LogP contribution in [0.2, 0.25) is 0 Å². The summed E-state index contributed by atoms with van der Waals surface area (Å²) in [5, 5.41) is 8.41. The molecule has 0 heterocycles. The molecule has 0 fully saturated rings. The highest BCUT2D eigenvalue weighted by Gasteiger charge is 2.09. The number of likely N-dealkylation sites (N-methyl/N-ethyl adjacent to an activating group) is 1. The molecule has 2 rings (SSSR count). The summed E-state index contributed by atoms with van der Waals surface area (Å²) >= 11 is 5.13. The second-order valence-electron chi connectivity index (χ2n) is 6.28. The van der Waals surface area contributed by atoms with Gasteiger partial charge in [-0.15, -0.1) is 0 Å². The van der Waals surface area contributed by atoms with E-state index in [1.165, 1.54) is 24.3 Å². The van der Waals surface area contributed by atoms with Gasteiger partial charge in [0.15, 0.2) is 5.11 Å². The van der Waals surface area contributed by atoms with Crippen LogP contribution in [0.15, 0.2) is 48.5 Å². The maximum Gasteiger partial charge on any atom is 0.257 e. The number of rotatable bonds is 8. The Morgan fingerprint density at radius 2 is 1.48 bits per heavy atom. The summed E-state index contributed by atoms with van der Waals surface area (Å²) in [7, 11) is 0. The molecule has 2 amide bonds. The van der Waals surface area contributed by atoms with Gasteiger partial charge >= 0.3 is 0 Å². The molecule has 2 aromatic carbocycles. The number of nitrogens with zero attached hydrogens (tertiary/aromatic N) is 1. The van der Waals surface area contributed by atoms with E-state index in [0.29, 0.717) is 23.4 Å². The number of carbonyl (C=O) groups is 2. The maximum absolute atomic E-state index is 12.9. The predicted octanol–water partition coefficient (Wildman–Crippen LogP) is 3.02. The molecule has 0 unspecified atom stereocenters. The summed E-state index contributed by atoms with van der Waals surface area (Å²) in [5.74, 6) is -0.998. The lowest BCUT2D eigenvalue weighted by molar-refractivity contribution is 0.0947. The van der Waals surface area contributed by atoms with Crippen LogP contribution in [0, 0.1) is 5.82 Å². The number of anilines is 1. The Morgan fingerprint density at radius 1 is 0.931 bits per heavy atom. The van der Waals surface area contributed by atoms with E-state index in [9.17, 15) is 14.0 Å². The molecule has 0 aliphatic carbocycles. The summed E-state index contributed by atoms with van der Waals surface area (Å²) in [6.07, 6.45) is 0. The smallest absolute Gasteiger partial charge is 0.257 e. The SMILES string of the molecule is CCN(CC)CCNC(=O)c1ccc(NC(=S)NC(=O)c2ccc(F)cc2)cc1. The molecule has 2 aromatic rings. The fraction of sp³-hybridized carbons (Fsp3) is 0.286. The number of benzene rings is 2. The summed E-state index contributed by atoms with van der Waals surface area (Å²) in [5.41, 5.74) is 1.47. The fourth-order valence-corrected chi connectivity index (χ4v) is 2.82. The standard InChI is InChI=1S/C21H25FN4O2S/c1-3-26(4-2)14-13-23-19(27)15-7-11-18(12-8-15)24-21(29)25-20(28)16-5-9-17(22)10-6-16/h5-12H,3-4,13-14H2,1-2H3,(H,23,27)(H2,24,25,28,29). The second kappa shape index (κ2) is 11.2. The third kappa shape index (κ3) is 7.24. The van der Waals surface area contributed by atoms with Crippen LogP contribution in [0.1, 0.15) is 34.6 Å². The van der Waals surface area contributed by atoms with E-state index in [4.69, 9.17) is 12.2 Å². The van der Waals surface area contributed by atoms with Gasteiger partial charge in [0, 0.05) is 29.9 Å². The van der Waals surface area contributed by atoms with E-state index in [-0.39, 0.29) is 11.0 Å². The van der Waals surface area contributed by atoms with Crippen molar-refractivity contribution in [3.05, 3.63) is 65.5 Å². The van der Waals surface area contributed by atoms with Crippen LogP contribution in [0.25, 0.3) is 0 Å². The summed E-state index contributed by atoms with van der Waals surface area (Å²) in [4.78, 5) is 26.5. The van der Waals surface area contributed by atoms with E-state index in [0.717, 1.165) is 19.6 Å². The molecule has 0 saturated heterocycles. The fourth-order valence-electron chi connectivity index (χ4n) is 2.61. The highest BCUT2D eigenvalue weighted by Crippen LogP contribution is 2.10. The topological polar surface area (TPSA) is 73.5 Å². The molecular formula is C21H25FN4O2S. The van der Waals surface area contributed by atoms with Gasteiger partial charge in [-0.05, 0) is 73.8 Å². The summed E-state index contributed by atoms with van der Waals surface area (Å²) in [6, 6.07) is 11.9. The van der Waals surface area contributed by atoms with Gasteiger partial charge < -0.3 is 15.5 Å². The molecule has 0 saturated carbocycles.